The van der Waals surface area contributed by atoms with E-state index in [9.17, 15) is 9.59 Å². The quantitative estimate of drug-likeness (QED) is 0.839. The van der Waals surface area contributed by atoms with Gasteiger partial charge in [0, 0.05) is 5.56 Å². The summed E-state index contributed by atoms with van der Waals surface area (Å²) in [5.41, 5.74) is 1.66. The first-order valence-electron chi connectivity index (χ1n) is 6.02. The van der Waals surface area contributed by atoms with E-state index in [0.717, 1.165) is 6.42 Å². The van der Waals surface area contributed by atoms with Crippen LogP contribution in [0.15, 0.2) is 24.3 Å². The van der Waals surface area contributed by atoms with Gasteiger partial charge in [0.25, 0.3) is 5.91 Å². The maximum Gasteiger partial charge on any atom is 0.325 e. The molecule has 0 bridgehead atoms. The van der Waals surface area contributed by atoms with E-state index >= 15 is 0 Å². The van der Waals surface area contributed by atoms with Crippen molar-refractivity contribution in [1.29, 1.82) is 0 Å². The van der Waals surface area contributed by atoms with Crippen molar-refractivity contribution < 1.29 is 14.7 Å². The number of benzene rings is 1. The summed E-state index contributed by atoms with van der Waals surface area (Å²) in [4.78, 5) is 22.3. The van der Waals surface area contributed by atoms with Crippen LogP contribution in [0.2, 0.25) is 0 Å². The molecule has 4 heteroatoms. The van der Waals surface area contributed by atoms with Gasteiger partial charge in [-0.15, -0.1) is 0 Å². The molecule has 98 valence electrons. The lowest BCUT2D eigenvalue weighted by atomic mass is 10.0. The highest BCUT2D eigenvalue weighted by molar-refractivity contribution is 5.96. The van der Waals surface area contributed by atoms with Crippen LogP contribution in [0.4, 0.5) is 0 Å². The van der Waals surface area contributed by atoms with Gasteiger partial charge in [0.1, 0.15) is 6.04 Å². The van der Waals surface area contributed by atoms with Crippen LogP contribution in [0.25, 0.3) is 0 Å². The van der Waals surface area contributed by atoms with Crippen LogP contribution in [0, 0.1) is 5.92 Å². The first-order chi connectivity index (χ1) is 8.40. The van der Waals surface area contributed by atoms with E-state index in [4.69, 9.17) is 5.11 Å². The lowest BCUT2D eigenvalue weighted by molar-refractivity contribution is -0.138. The zero-order valence-electron chi connectivity index (χ0n) is 10.9. The number of carboxylic acid groups (broad SMARTS) is 1. The number of nitrogens with one attached hydrogen (secondary N) is 1. The highest BCUT2D eigenvalue weighted by Crippen LogP contribution is 2.09. The molecule has 0 radical (unpaired) electrons. The molecule has 0 saturated heterocycles. The predicted octanol–water partition coefficient (Wildman–Crippen LogP) is 2.09. The van der Waals surface area contributed by atoms with Gasteiger partial charge in [-0.1, -0.05) is 26.0 Å². The van der Waals surface area contributed by atoms with Gasteiger partial charge in [0.2, 0.25) is 0 Å². The predicted molar refractivity (Wildman–Crippen MR) is 69.5 cm³/mol. The Kier molecular flexibility index (Phi) is 4.89. The summed E-state index contributed by atoms with van der Waals surface area (Å²) in [6.07, 6.45) is 0.966. The first-order valence-corrected chi connectivity index (χ1v) is 6.02. The summed E-state index contributed by atoms with van der Waals surface area (Å²) in [5.74, 6) is -0.836. The smallest absolute Gasteiger partial charge is 0.325 e. The van der Waals surface area contributed by atoms with Gasteiger partial charge in [0.15, 0.2) is 0 Å². The van der Waals surface area contributed by atoms with Crippen molar-refractivity contribution in [3.63, 3.8) is 0 Å². The summed E-state index contributed by atoms with van der Waals surface area (Å²) in [6, 6.07) is 6.37. The second-order valence-electron chi connectivity index (χ2n) is 4.83. The van der Waals surface area contributed by atoms with E-state index in [-0.39, 0.29) is 5.91 Å². The number of carbonyl (C=O) groups excluding carboxylic acids is 1. The Hall–Kier alpha value is -1.84. The first kappa shape index (κ1) is 14.2. The molecule has 0 saturated carbocycles. The molecule has 0 aliphatic carbocycles. The molecule has 18 heavy (non-hydrogen) atoms. The Labute approximate surface area is 107 Å². The van der Waals surface area contributed by atoms with Crippen LogP contribution < -0.4 is 5.32 Å². The average Bonchev–Trinajstić information content (AvgIpc) is 2.28. The third-order valence-corrected chi connectivity index (χ3v) is 2.58. The second-order valence-corrected chi connectivity index (χ2v) is 4.83. The molecule has 0 heterocycles. The second kappa shape index (κ2) is 6.19. The zero-order valence-corrected chi connectivity index (χ0v) is 10.9. The number of amides is 1. The zero-order chi connectivity index (χ0) is 13.7. The van der Waals surface area contributed by atoms with E-state index in [0.29, 0.717) is 11.5 Å². The maximum absolute atomic E-state index is 11.7. The van der Waals surface area contributed by atoms with Gasteiger partial charge in [-0.2, -0.15) is 0 Å². The lowest BCUT2D eigenvalue weighted by Gasteiger charge is -2.10. The fourth-order valence-corrected chi connectivity index (χ4v) is 1.61. The monoisotopic (exact) mass is 249 g/mol. The largest absolute Gasteiger partial charge is 0.480 e. The van der Waals surface area contributed by atoms with Crippen molar-refractivity contribution in [1.82, 2.24) is 5.32 Å². The van der Waals surface area contributed by atoms with E-state index < -0.39 is 12.0 Å². The molecule has 1 aromatic rings. The van der Waals surface area contributed by atoms with E-state index in [2.05, 4.69) is 19.2 Å². The molecule has 0 spiro atoms. The van der Waals surface area contributed by atoms with Crippen LogP contribution >= 0.6 is 0 Å². The highest BCUT2D eigenvalue weighted by Gasteiger charge is 2.14. The molecule has 2 N–H and O–H groups in total. The van der Waals surface area contributed by atoms with Gasteiger partial charge < -0.3 is 10.4 Å². The molecule has 0 aliphatic heterocycles. The van der Waals surface area contributed by atoms with Crippen molar-refractivity contribution in [2.75, 3.05) is 0 Å². The highest BCUT2D eigenvalue weighted by atomic mass is 16.4. The molecule has 0 aromatic heterocycles. The fourth-order valence-electron chi connectivity index (χ4n) is 1.61. The minimum atomic E-state index is -1.04. The van der Waals surface area contributed by atoms with Gasteiger partial charge in [-0.3, -0.25) is 9.59 Å². The summed E-state index contributed by atoms with van der Waals surface area (Å²) in [7, 11) is 0. The van der Waals surface area contributed by atoms with Crippen LogP contribution in [-0.4, -0.2) is 23.0 Å². The Morgan fingerprint density at radius 3 is 2.17 bits per heavy atom. The molecule has 1 amide bonds. The summed E-state index contributed by atoms with van der Waals surface area (Å²) in [5, 5.41) is 11.1. The van der Waals surface area contributed by atoms with Gasteiger partial charge in [0.05, 0.1) is 0 Å². The molecule has 1 atom stereocenters. The Morgan fingerprint density at radius 1 is 1.17 bits per heavy atom. The molecular weight excluding hydrogens is 230 g/mol. The summed E-state index contributed by atoms with van der Waals surface area (Å²) >= 11 is 0. The fraction of sp³-hybridized carbons (Fsp3) is 0.429. The molecule has 0 aliphatic rings. The Balaban J connectivity index is 2.67. The number of carbonyl (C=O) groups is 2. The van der Waals surface area contributed by atoms with Crippen molar-refractivity contribution in [3.8, 4) is 0 Å². The van der Waals surface area contributed by atoms with Crippen LogP contribution in [-0.2, 0) is 11.2 Å². The lowest BCUT2D eigenvalue weighted by Crippen LogP contribution is -2.38. The number of aliphatic carboxylic acids is 1. The molecular formula is C14H19NO3. The summed E-state index contributed by atoms with van der Waals surface area (Å²) < 4.78 is 0. The van der Waals surface area contributed by atoms with E-state index in [1.54, 1.807) is 12.1 Å². The third-order valence-electron chi connectivity index (χ3n) is 2.58. The van der Waals surface area contributed by atoms with Gasteiger partial charge in [-0.05, 0) is 37.0 Å². The Bertz CT molecular complexity index is 423. The van der Waals surface area contributed by atoms with Crippen molar-refractivity contribution in [2.24, 2.45) is 5.92 Å². The molecule has 1 rings (SSSR count). The topological polar surface area (TPSA) is 66.4 Å². The minimum Gasteiger partial charge on any atom is -0.480 e. The van der Waals surface area contributed by atoms with Crippen LogP contribution in [0.3, 0.4) is 0 Å². The third kappa shape index (κ3) is 4.20. The SMILES string of the molecule is CC(C)Cc1ccc(C(=O)N[C@@H](C)C(=O)O)cc1. The molecule has 1 aromatic carbocycles. The Morgan fingerprint density at radius 2 is 1.72 bits per heavy atom. The average molecular weight is 249 g/mol. The number of carboxylic acids is 1. The maximum atomic E-state index is 11.7. The van der Waals surface area contributed by atoms with Gasteiger partial charge >= 0.3 is 5.97 Å². The van der Waals surface area contributed by atoms with Crippen LogP contribution in [0.5, 0.6) is 0 Å². The van der Waals surface area contributed by atoms with Crippen molar-refractivity contribution >= 4 is 11.9 Å². The van der Waals surface area contributed by atoms with Crippen LogP contribution in [0.1, 0.15) is 36.7 Å². The normalized spacial score (nSPS) is 12.2. The molecule has 0 fully saturated rings. The van der Waals surface area contributed by atoms with Crippen molar-refractivity contribution in [2.45, 2.75) is 33.2 Å². The summed E-state index contributed by atoms with van der Waals surface area (Å²) in [6.45, 7) is 5.71. The van der Waals surface area contributed by atoms with Gasteiger partial charge in [-0.25, -0.2) is 0 Å². The van der Waals surface area contributed by atoms with E-state index in [1.807, 2.05) is 12.1 Å². The molecule has 4 nitrogen and oxygen atoms in total. The number of rotatable bonds is 5. The molecule has 0 unspecified atom stereocenters. The minimum absolute atomic E-state index is 0.360. The van der Waals surface area contributed by atoms with Crippen molar-refractivity contribution in [3.05, 3.63) is 35.4 Å². The number of hydrogen-bond acceptors (Lipinski definition) is 2. The number of hydrogen-bond donors (Lipinski definition) is 2. The standard InChI is InChI=1S/C14H19NO3/c1-9(2)8-11-4-6-12(7-5-11)13(16)15-10(3)14(17)18/h4-7,9-10H,8H2,1-3H3,(H,15,16)(H,17,18)/t10-/m0/s1. The van der Waals surface area contributed by atoms with E-state index in [1.165, 1.54) is 12.5 Å².